The molecule has 1 atom stereocenters. The predicted octanol–water partition coefficient (Wildman–Crippen LogP) is 8.13. The summed E-state index contributed by atoms with van der Waals surface area (Å²) < 4.78 is 0. The third kappa shape index (κ3) is 8.01. The molecule has 3 aromatic carbocycles. The standard InChI is InChI=1S/C33H33ClN2O3/c1-2-3-4-12-32(37)36-30(20-16-24-9-5-6-11-29(24)33(38)39)26-10-7-8-23(21-26)13-18-28-19-15-25-14-17-27(34)22-31(25)35-28/h5-11,13-15,17-19,21-22,30H,2-4,12,16,20H2,1H3,(H,36,37)(H,38,39). The number of benzene rings is 3. The van der Waals surface area contributed by atoms with Crippen molar-refractivity contribution in [3.05, 3.63) is 112 Å². The van der Waals surface area contributed by atoms with Gasteiger partial charge in [0, 0.05) is 16.8 Å². The van der Waals surface area contributed by atoms with Crippen molar-refractivity contribution in [1.82, 2.24) is 10.3 Å². The Morgan fingerprint density at radius 1 is 0.974 bits per heavy atom. The van der Waals surface area contributed by atoms with Crippen molar-refractivity contribution in [3.63, 3.8) is 0 Å². The molecule has 39 heavy (non-hydrogen) atoms. The van der Waals surface area contributed by atoms with Crippen LogP contribution in [-0.2, 0) is 11.2 Å². The zero-order valence-electron chi connectivity index (χ0n) is 22.1. The number of pyridine rings is 1. The van der Waals surface area contributed by atoms with E-state index in [0.29, 0.717) is 29.8 Å². The number of nitrogens with one attached hydrogen (secondary N) is 1. The largest absolute Gasteiger partial charge is 0.478 e. The van der Waals surface area contributed by atoms with E-state index in [1.165, 1.54) is 0 Å². The van der Waals surface area contributed by atoms with Crippen molar-refractivity contribution in [3.8, 4) is 0 Å². The molecule has 200 valence electrons. The SMILES string of the molecule is CCCCCC(=O)NC(CCc1ccccc1C(=O)O)c1cccc(C=Cc2ccc3ccc(Cl)cc3n2)c1. The van der Waals surface area contributed by atoms with Gasteiger partial charge in [-0.1, -0.05) is 86.0 Å². The second-order valence-corrected chi connectivity index (χ2v) is 10.1. The number of aryl methyl sites for hydroxylation is 1. The average Bonchev–Trinajstić information content (AvgIpc) is 2.94. The third-order valence-corrected chi connectivity index (χ3v) is 6.96. The lowest BCUT2D eigenvalue weighted by molar-refractivity contribution is -0.122. The topological polar surface area (TPSA) is 79.3 Å². The zero-order valence-corrected chi connectivity index (χ0v) is 22.8. The fourth-order valence-corrected chi connectivity index (χ4v) is 4.80. The third-order valence-electron chi connectivity index (χ3n) is 6.73. The lowest BCUT2D eigenvalue weighted by Crippen LogP contribution is -2.29. The van der Waals surface area contributed by atoms with Gasteiger partial charge in [-0.25, -0.2) is 9.78 Å². The summed E-state index contributed by atoms with van der Waals surface area (Å²) in [4.78, 5) is 29.2. The van der Waals surface area contributed by atoms with E-state index in [9.17, 15) is 14.7 Å². The molecule has 4 aromatic rings. The molecule has 0 spiro atoms. The quantitative estimate of drug-likeness (QED) is 0.178. The highest BCUT2D eigenvalue weighted by Gasteiger charge is 2.17. The van der Waals surface area contributed by atoms with Crippen LogP contribution in [0.5, 0.6) is 0 Å². The van der Waals surface area contributed by atoms with Gasteiger partial charge >= 0.3 is 5.97 Å². The Labute approximate surface area is 234 Å². The first-order valence-electron chi connectivity index (χ1n) is 13.4. The summed E-state index contributed by atoms with van der Waals surface area (Å²) in [5, 5.41) is 14.5. The van der Waals surface area contributed by atoms with Gasteiger partial charge < -0.3 is 10.4 Å². The monoisotopic (exact) mass is 540 g/mol. The van der Waals surface area contributed by atoms with E-state index < -0.39 is 5.97 Å². The molecular formula is C33H33ClN2O3. The van der Waals surface area contributed by atoms with E-state index in [1.807, 2.05) is 72.8 Å². The van der Waals surface area contributed by atoms with Crippen LogP contribution in [-0.4, -0.2) is 22.0 Å². The second-order valence-electron chi connectivity index (χ2n) is 9.65. The van der Waals surface area contributed by atoms with Gasteiger partial charge in [0.15, 0.2) is 0 Å². The van der Waals surface area contributed by atoms with Crippen LogP contribution in [0.1, 0.15) is 77.8 Å². The molecule has 6 heteroatoms. The van der Waals surface area contributed by atoms with Crippen LogP contribution in [0.25, 0.3) is 23.1 Å². The molecular weight excluding hydrogens is 508 g/mol. The number of hydrogen-bond donors (Lipinski definition) is 2. The van der Waals surface area contributed by atoms with Gasteiger partial charge in [0.25, 0.3) is 0 Å². The lowest BCUT2D eigenvalue weighted by Gasteiger charge is -2.20. The number of rotatable bonds is 12. The number of hydrogen-bond acceptors (Lipinski definition) is 3. The van der Waals surface area contributed by atoms with Crippen LogP contribution in [0.15, 0.2) is 78.9 Å². The summed E-state index contributed by atoms with van der Waals surface area (Å²) in [6.07, 6.45) is 8.48. The molecule has 0 fully saturated rings. The van der Waals surface area contributed by atoms with Crippen LogP contribution in [0.4, 0.5) is 0 Å². The van der Waals surface area contributed by atoms with Crippen molar-refractivity contribution in [1.29, 1.82) is 0 Å². The number of aromatic carboxylic acids is 1. The van der Waals surface area contributed by atoms with Crippen molar-refractivity contribution in [2.75, 3.05) is 0 Å². The number of fused-ring (bicyclic) bond motifs is 1. The van der Waals surface area contributed by atoms with Crippen LogP contribution in [0.2, 0.25) is 5.02 Å². The first-order chi connectivity index (χ1) is 18.9. The Bertz CT molecular complexity index is 1480. The highest BCUT2D eigenvalue weighted by atomic mass is 35.5. The maximum Gasteiger partial charge on any atom is 0.335 e. The molecule has 2 N–H and O–H groups in total. The van der Waals surface area contributed by atoms with E-state index in [4.69, 9.17) is 16.6 Å². The minimum Gasteiger partial charge on any atom is -0.478 e. The smallest absolute Gasteiger partial charge is 0.335 e. The minimum absolute atomic E-state index is 0.0138. The number of carbonyl (C=O) groups excluding carboxylic acids is 1. The number of carboxylic acid groups (broad SMARTS) is 1. The summed E-state index contributed by atoms with van der Waals surface area (Å²) in [5.74, 6) is -0.928. The number of nitrogens with zero attached hydrogens (tertiary/aromatic N) is 1. The molecule has 1 unspecified atom stereocenters. The van der Waals surface area contributed by atoms with E-state index >= 15 is 0 Å². The molecule has 1 aromatic heterocycles. The van der Waals surface area contributed by atoms with Crippen LogP contribution >= 0.6 is 11.6 Å². The number of carboxylic acids is 1. The fraction of sp³-hybridized carbons (Fsp3) is 0.242. The van der Waals surface area contributed by atoms with Crippen molar-refractivity contribution < 1.29 is 14.7 Å². The predicted molar refractivity (Wildman–Crippen MR) is 159 cm³/mol. The van der Waals surface area contributed by atoms with Gasteiger partial charge in [0.1, 0.15) is 0 Å². The van der Waals surface area contributed by atoms with Crippen molar-refractivity contribution in [2.24, 2.45) is 0 Å². The maximum absolute atomic E-state index is 12.8. The molecule has 0 bridgehead atoms. The molecule has 5 nitrogen and oxygen atoms in total. The van der Waals surface area contributed by atoms with Gasteiger partial charge in [-0.3, -0.25) is 4.79 Å². The molecule has 0 radical (unpaired) electrons. The summed E-state index contributed by atoms with van der Waals surface area (Å²) in [6, 6.07) is 24.5. The number of unbranched alkanes of at least 4 members (excludes halogenated alkanes) is 2. The van der Waals surface area contributed by atoms with Crippen LogP contribution < -0.4 is 5.32 Å². The zero-order chi connectivity index (χ0) is 27.6. The summed E-state index contributed by atoms with van der Waals surface area (Å²) >= 11 is 6.13. The minimum atomic E-state index is -0.942. The molecule has 0 aliphatic rings. The van der Waals surface area contributed by atoms with E-state index in [-0.39, 0.29) is 11.9 Å². The Hall–Kier alpha value is -3.96. The Morgan fingerprint density at radius 2 is 1.79 bits per heavy atom. The second kappa shape index (κ2) is 13.7. The number of halogens is 1. The number of aromatic nitrogens is 1. The maximum atomic E-state index is 12.8. The molecule has 0 saturated carbocycles. The van der Waals surface area contributed by atoms with Gasteiger partial charge in [0.2, 0.25) is 5.91 Å². The molecule has 4 rings (SSSR count). The van der Waals surface area contributed by atoms with Crippen LogP contribution in [0, 0.1) is 0 Å². The Balaban J connectivity index is 1.55. The first kappa shape index (κ1) is 28.1. The molecule has 1 amide bonds. The summed E-state index contributed by atoms with van der Waals surface area (Å²) in [7, 11) is 0. The first-order valence-corrected chi connectivity index (χ1v) is 13.8. The Kier molecular flexibility index (Phi) is 9.87. The molecule has 0 aliphatic carbocycles. The fourth-order valence-electron chi connectivity index (χ4n) is 4.63. The lowest BCUT2D eigenvalue weighted by atomic mass is 9.95. The molecule has 0 aliphatic heterocycles. The summed E-state index contributed by atoms with van der Waals surface area (Å²) in [6.45, 7) is 2.11. The van der Waals surface area contributed by atoms with Gasteiger partial charge in [-0.2, -0.15) is 0 Å². The van der Waals surface area contributed by atoms with E-state index in [1.54, 1.807) is 12.1 Å². The van der Waals surface area contributed by atoms with Crippen molar-refractivity contribution in [2.45, 2.75) is 51.5 Å². The highest BCUT2D eigenvalue weighted by Crippen LogP contribution is 2.24. The molecule has 0 saturated heterocycles. The van der Waals surface area contributed by atoms with Gasteiger partial charge in [-0.05, 0) is 72.4 Å². The van der Waals surface area contributed by atoms with Gasteiger partial charge in [0.05, 0.1) is 22.8 Å². The summed E-state index contributed by atoms with van der Waals surface area (Å²) in [5.41, 5.74) is 4.68. The number of amides is 1. The molecule has 1 heterocycles. The van der Waals surface area contributed by atoms with Gasteiger partial charge in [-0.15, -0.1) is 0 Å². The normalized spacial score (nSPS) is 12.1. The van der Waals surface area contributed by atoms with E-state index in [2.05, 4.69) is 18.3 Å². The highest BCUT2D eigenvalue weighted by molar-refractivity contribution is 6.31. The van der Waals surface area contributed by atoms with Crippen molar-refractivity contribution >= 4 is 46.5 Å². The van der Waals surface area contributed by atoms with Crippen LogP contribution in [0.3, 0.4) is 0 Å². The van der Waals surface area contributed by atoms with E-state index in [0.717, 1.165) is 52.5 Å². The average molecular weight is 541 g/mol. The number of carbonyl (C=O) groups is 2. The Morgan fingerprint density at radius 3 is 2.62 bits per heavy atom.